The number of methoxy groups -OCH3 is 2. The number of H-pyrrole nitrogens is 1. The van der Waals surface area contributed by atoms with Crippen LogP contribution < -0.4 is 4.74 Å². The normalized spacial score (nSPS) is 15.8. The molecular formula is C20H19N3O4S. The first-order chi connectivity index (χ1) is 13.6. The predicted octanol–water partition coefficient (Wildman–Crippen LogP) is 3.06. The van der Waals surface area contributed by atoms with Crippen molar-refractivity contribution in [3.63, 3.8) is 0 Å². The molecule has 144 valence electrons. The average Bonchev–Trinajstić information content (AvgIpc) is 3.41. The number of esters is 1. The molecule has 0 aliphatic carbocycles. The number of fused-ring (bicyclic) bond motifs is 1. The van der Waals surface area contributed by atoms with Crippen molar-refractivity contribution in [2.24, 2.45) is 0 Å². The zero-order valence-electron chi connectivity index (χ0n) is 15.5. The molecule has 1 aliphatic rings. The lowest BCUT2D eigenvalue weighted by atomic mass is 9.99. The first kappa shape index (κ1) is 18.2. The highest BCUT2D eigenvalue weighted by Crippen LogP contribution is 2.35. The summed E-state index contributed by atoms with van der Waals surface area (Å²) in [6.07, 6.45) is 0.708. The topological polar surface area (TPSA) is 84.5 Å². The van der Waals surface area contributed by atoms with E-state index in [2.05, 4.69) is 10.2 Å². The van der Waals surface area contributed by atoms with Crippen molar-refractivity contribution >= 4 is 23.2 Å². The third kappa shape index (κ3) is 3.05. The minimum atomic E-state index is -0.745. The lowest BCUT2D eigenvalue weighted by Gasteiger charge is -2.33. The van der Waals surface area contributed by atoms with Crippen LogP contribution in [-0.2, 0) is 16.0 Å². The van der Waals surface area contributed by atoms with Gasteiger partial charge in [0.15, 0.2) is 6.04 Å². The second kappa shape index (κ2) is 7.47. The number of nitrogens with zero attached hydrogens (tertiary/aromatic N) is 2. The monoisotopic (exact) mass is 397 g/mol. The number of aromatic nitrogens is 2. The second-order valence-electron chi connectivity index (χ2n) is 6.34. The van der Waals surface area contributed by atoms with Crippen LogP contribution in [-0.4, -0.2) is 47.7 Å². The number of thiophene rings is 1. The summed E-state index contributed by atoms with van der Waals surface area (Å²) in [4.78, 5) is 28.3. The van der Waals surface area contributed by atoms with Crippen LogP contribution in [0.4, 0.5) is 0 Å². The summed E-state index contributed by atoms with van der Waals surface area (Å²) < 4.78 is 10.3. The SMILES string of the molecule is COC(=O)C1c2ccsc2CCN1C(=O)c1cc(-c2ccccc2OC)n[nH]1. The maximum atomic E-state index is 13.2. The van der Waals surface area contributed by atoms with Crippen molar-refractivity contribution in [3.8, 4) is 17.0 Å². The van der Waals surface area contributed by atoms with Gasteiger partial charge in [-0.1, -0.05) is 12.1 Å². The number of amides is 1. The van der Waals surface area contributed by atoms with E-state index in [4.69, 9.17) is 9.47 Å². The van der Waals surface area contributed by atoms with Gasteiger partial charge in [0.2, 0.25) is 0 Å². The standard InChI is InChI=1S/C20H19N3O4S/c1-26-16-6-4-3-5-12(16)14-11-15(22-21-14)19(24)23-9-7-17-13(8-10-28-17)18(23)20(25)27-2/h3-6,8,10-11,18H,7,9H2,1-2H3,(H,21,22). The minimum Gasteiger partial charge on any atom is -0.496 e. The molecule has 1 aliphatic heterocycles. The molecule has 28 heavy (non-hydrogen) atoms. The van der Waals surface area contributed by atoms with Crippen LogP contribution in [0.2, 0.25) is 0 Å². The van der Waals surface area contributed by atoms with Crippen molar-refractivity contribution in [2.45, 2.75) is 12.5 Å². The summed E-state index contributed by atoms with van der Waals surface area (Å²) in [6.45, 7) is 0.440. The number of nitrogens with one attached hydrogen (secondary N) is 1. The maximum absolute atomic E-state index is 13.2. The molecule has 1 aromatic carbocycles. The van der Waals surface area contributed by atoms with Crippen molar-refractivity contribution in [1.82, 2.24) is 15.1 Å². The molecule has 3 heterocycles. The molecule has 1 unspecified atom stereocenters. The lowest BCUT2D eigenvalue weighted by Crippen LogP contribution is -2.43. The largest absolute Gasteiger partial charge is 0.496 e. The third-order valence-corrected chi connectivity index (χ3v) is 5.84. The smallest absolute Gasteiger partial charge is 0.333 e. The van der Waals surface area contributed by atoms with Gasteiger partial charge in [-0.2, -0.15) is 5.10 Å². The Labute approximate surface area is 165 Å². The Morgan fingerprint density at radius 1 is 1.25 bits per heavy atom. The molecule has 0 spiro atoms. The Bertz CT molecular complexity index is 1030. The van der Waals surface area contributed by atoms with E-state index < -0.39 is 12.0 Å². The highest BCUT2D eigenvalue weighted by atomic mass is 32.1. The zero-order chi connectivity index (χ0) is 19.7. The Balaban J connectivity index is 1.66. The Hall–Kier alpha value is -3.13. The van der Waals surface area contributed by atoms with Gasteiger partial charge in [-0.3, -0.25) is 9.89 Å². The second-order valence-corrected chi connectivity index (χ2v) is 7.34. The van der Waals surface area contributed by atoms with Gasteiger partial charge in [0.1, 0.15) is 11.4 Å². The Morgan fingerprint density at radius 3 is 2.86 bits per heavy atom. The van der Waals surface area contributed by atoms with Gasteiger partial charge in [-0.25, -0.2) is 4.79 Å². The number of hydrogen-bond donors (Lipinski definition) is 1. The van der Waals surface area contributed by atoms with E-state index in [0.717, 1.165) is 16.0 Å². The summed E-state index contributed by atoms with van der Waals surface area (Å²) in [5.74, 6) is -0.0700. The number of ether oxygens (including phenoxy) is 2. The van der Waals surface area contributed by atoms with Crippen molar-refractivity contribution in [1.29, 1.82) is 0 Å². The van der Waals surface area contributed by atoms with Crippen LogP contribution in [0.15, 0.2) is 41.8 Å². The number of para-hydroxylation sites is 1. The molecule has 0 radical (unpaired) electrons. The highest BCUT2D eigenvalue weighted by Gasteiger charge is 2.38. The number of carbonyl (C=O) groups is 2. The van der Waals surface area contributed by atoms with Crippen molar-refractivity contribution < 1.29 is 19.1 Å². The number of benzene rings is 1. The van der Waals surface area contributed by atoms with E-state index in [-0.39, 0.29) is 5.91 Å². The maximum Gasteiger partial charge on any atom is 0.333 e. The molecule has 2 aromatic heterocycles. The number of aromatic amines is 1. The summed E-state index contributed by atoms with van der Waals surface area (Å²) in [7, 11) is 2.92. The first-order valence-electron chi connectivity index (χ1n) is 8.78. The fraction of sp³-hybridized carbons (Fsp3) is 0.250. The van der Waals surface area contributed by atoms with Crippen molar-refractivity contribution in [2.75, 3.05) is 20.8 Å². The van der Waals surface area contributed by atoms with E-state index in [9.17, 15) is 9.59 Å². The number of hydrogen-bond acceptors (Lipinski definition) is 6. The van der Waals surface area contributed by atoms with Gasteiger partial charge >= 0.3 is 5.97 Å². The molecule has 0 saturated heterocycles. The summed E-state index contributed by atoms with van der Waals surface area (Å²) in [6, 6.07) is 10.3. The van der Waals surface area contributed by atoms with Gasteiger partial charge < -0.3 is 14.4 Å². The Kier molecular flexibility index (Phi) is 4.87. The fourth-order valence-electron chi connectivity index (χ4n) is 3.48. The van der Waals surface area contributed by atoms with E-state index in [1.165, 1.54) is 7.11 Å². The molecule has 1 amide bonds. The third-order valence-electron chi connectivity index (χ3n) is 4.84. The lowest BCUT2D eigenvalue weighted by molar-refractivity contribution is -0.146. The average molecular weight is 397 g/mol. The number of rotatable bonds is 4. The van der Waals surface area contributed by atoms with Crippen LogP contribution in [0.5, 0.6) is 5.75 Å². The minimum absolute atomic E-state index is 0.291. The van der Waals surface area contributed by atoms with Gasteiger partial charge in [-0.05, 0) is 41.6 Å². The summed E-state index contributed by atoms with van der Waals surface area (Å²) >= 11 is 1.59. The van der Waals surface area contributed by atoms with Crippen molar-refractivity contribution in [3.05, 3.63) is 57.9 Å². The summed E-state index contributed by atoms with van der Waals surface area (Å²) in [5, 5.41) is 9.01. The molecular weight excluding hydrogens is 378 g/mol. The van der Waals surface area contributed by atoms with Gasteiger partial charge in [0, 0.05) is 17.0 Å². The van der Waals surface area contributed by atoms with E-state index in [0.29, 0.717) is 30.1 Å². The fourth-order valence-corrected chi connectivity index (χ4v) is 4.38. The van der Waals surface area contributed by atoms with Crippen LogP contribution >= 0.6 is 11.3 Å². The molecule has 4 rings (SSSR count). The zero-order valence-corrected chi connectivity index (χ0v) is 16.3. The van der Waals surface area contributed by atoms with Crippen LogP contribution in [0.25, 0.3) is 11.3 Å². The first-order valence-corrected chi connectivity index (χ1v) is 9.66. The molecule has 0 bridgehead atoms. The molecule has 3 aromatic rings. The molecule has 0 saturated carbocycles. The number of carbonyl (C=O) groups excluding carboxylic acids is 2. The van der Waals surface area contributed by atoms with Crippen LogP contribution in [0, 0.1) is 0 Å². The van der Waals surface area contributed by atoms with Gasteiger partial charge in [0.25, 0.3) is 5.91 Å². The predicted molar refractivity (Wildman–Crippen MR) is 104 cm³/mol. The van der Waals surface area contributed by atoms with Crippen LogP contribution in [0.3, 0.4) is 0 Å². The van der Waals surface area contributed by atoms with Gasteiger partial charge in [0.05, 0.1) is 19.9 Å². The molecule has 0 fully saturated rings. The molecule has 1 atom stereocenters. The van der Waals surface area contributed by atoms with Crippen LogP contribution in [0.1, 0.15) is 27.0 Å². The van der Waals surface area contributed by atoms with E-state index in [1.54, 1.807) is 29.4 Å². The quantitative estimate of drug-likeness (QED) is 0.684. The van der Waals surface area contributed by atoms with Gasteiger partial charge in [-0.15, -0.1) is 11.3 Å². The van der Waals surface area contributed by atoms with E-state index >= 15 is 0 Å². The molecule has 8 heteroatoms. The molecule has 7 nitrogen and oxygen atoms in total. The highest BCUT2D eigenvalue weighted by molar-refractivity contribution is 7.10. The Morgan fingerprint density at radius 2 is 2.07 bits per heavy atom. The summed E-state index contributed by atoms with van der Waals surface area (Å²) in [5.41, 5.74) is 2.53. The van der Waals surface area contributed by atoms with E-state index in [1.807, 2.05) is 35.7 Å². The molecule has 1 N–H and O–H groups in total.